The van der Waals surface area contributed by atoms with E-state index in [4.69, 9.17) is 5.73 Å². The summed E-state index contributed by atoms with van der Waals surface area (Å²) in [7, 11) is 0. The molecular weight excluding hydrogens is 188 g/mol. The molecule has 3 N–H and O–H groups in total. The third kappa shape index (κ3) is 2.07. The van der Waals surface area contributed by atoms with Crippen LogP contribution in [0.5, 0.6) is 0 Å². The molecule has 0 unspecified atom stereocenters. The molecule has 0 bridgehead atoms. The minimum atomic E-state index is 0.217. The largest absolute Gasteiger partial charge is 0.397 e. The Kier molecular flexibility index (Phi) is 3.11. The number of aliphatic hydroxyl groups excluding tert-OH is 1. The maximum Gasteiger partial charge on any atom is 0.0635 e. The first-order valence-electron chi connectivity index (χ1n) is 5.55. The lowest BCUT2D eigenvalue weighted by Crippen LogP contribution is -2.42. The van der Waals surface area contributed by atoms with Gasteiger partial charge in [0.15, 0.2) is 0 Å². The molecule has 1 atom stereocenters. The molecule has 0 amide bonds. The van der Waals surface area contributed by atoms with Crippen molar-refractivity contribution in [1.29, 1.82) is 0 Å². The normalized spacial score (nSPS) is 21.7. The van der Waals surface area contributed by atoms with E-state index in [1.54, 1.807) is 0 Å². The number of piperidine rings is 1. The van der Waals surface area contributed by atoms with Gasteiger partial charge in [0, 0.05) is 6.54 Å². The number of aliphatic hydroxyl groups is 1. The number of anilines is 2. The maximum absolute atomic E-state index is 9.33. The van der Waals surface area contributed by atoms with Gasteiger partial charge in [-0.15, -0.1) is 0 Å². The maximum atomic E-state index is 9.33. The molecule has 0 radical (unpaired) electrons. The molecular formula is C12H18N2O. The van der Waals surface area contributed by atoms with E-state index in [0.717, 1.165) is 24.3 Å². The van der Waals surface area contributed by atoms with Crippen molar-refractivity contribution in [2.24, 2.45) is 0 Å². The smallest absolute Gasteiger partial charge is 0.0635 e. The van der Waals surface area contributed by atoms with Crippen molar-refractivity contribution in [1.82, 2.24) is 0 Å². The van der Waals surface area contributed by atoms with E-state index in [0.29, 0.717) is 0 Å². The van der Waals surface area contributed by atoms with Gasteiger partial charge in [-0.2, -0.15) is 0 Å². The molecule has 2 rings (SSSR count). The molecule has 0 aliphatic carbocycles. The Hall–Kier alpha value is -1.22. The molecule has 82 valence electrons. The second kappa shape index (κ2) is 4.53. The number of benzene rings is 1. The Morgan fingerprint density at radius 2 is 2.13 bits per heavy atom. The number of hydrogen-bond donors (Lipinski definition) is 2. The van der Waals surface area contributed by atoms with Crippen molar-refractivity contribution < 1.29 is 5.11 Å². The van der Waals surface area contributed by atoms with Gasteiger partial charge in [0.05, 0.1) is 24.0 Å². The standard InChI is InChI=1S/C12H18N2O/c13-11-6-1-2-7-12(11)14-8-4-3-5-10(14)9-15/h1-2,6-7,10,15H,3-5,8-9,13H2/t10-/m1/s1. The second-order valence-corrected chi connectivity index (χ2v) is 4.08. The lowest BCUT2D eigenvalue weighted by molar-refractivity contribution is 0.240. The predicted molar refractivity (Wildman–Crippen MR) is 62.9 cm³/mol. The number of nitrogens with two attached hydrogens (primary N) is 1. The van der Waals surface area contributed by atoms with E-state index in [2.05, 4.69) is 4.90 Å². The van der Waals surface area contributed by atoms with Crippen LogP contribution in [0.25, 0.3) is 0 Å². The number of nitrogens with zero attached hydrogens (tertiary/aromatic N) is 1. The Bertz CT molecular complexity index is 327. The van der Waals surface area contributed by atoms with Gasteiger partial charge >= 0.3 is 0 Å². The summed E-state index contributed by atoms with van der Waals surface area (Å²) in [5, 5.41) is 9.33. The summed E-state index contributed by atoms with van der Waals surface area (Å²) in [5.74, 6) is 0. The average Bonchev–Trinajstić information content (AvgIpc) is 2.30. The summed E-state index contributed by atoms with van der Waals surface area (Å²) < 4.78 is 0. The molecule has 1 saturated heterocycles. The molecule has 0 aromatic heterocycles. The quantitative estimate of drug-likeness (QED) is 0.723. The molecule has 15 heavy (non-hydrogen) atoms. The van der Waals surface area contributed by atoms with Gasteiger partial charge in [-0.1, -0.05) is 12.1 Å². The van der Waals surface area contributed by atoms with Crippen molar-refractivity contribution in [3.63, 3.8) is 0 Å². The van der Waals surface area contributed by atoms with E-state index < -0.39 is 0 Å². The van der Waals surface area contributed by atoms with Crippen molar-refractivity contribution in [3.05, 3.63) is 24.3 Å². The SMILES string of the molecule is Nc1ccccc1N1CCCC[C@@H]1CO. The molecule has 3 heteroatoms. The van der Waals surface area contributed by atoms with Gasteiger partial charge in [0.2, 0.25) is 0 Å². The van der Waals surface area contributed by atoms with E-state index in [1.165, 1.54) is 12.8 Å². The summed E-state index contributed by atoms with van der Waals surface area (Å²) in [6, 6.07) is 8.12. The summed E-state index contributed by atoms with van der Waals surface area (Å²) in [5.41, 5.74) is 7.81. The highest BCUT2D eigenvalue weighted by Gasteiger charge is 2.22. The van der Waals surface area contributed by atoms with Crippen molar-refractivity contribution in [2.75, 3.05) is 23.8 Å². The van der Waals surface area contributed by atoms with Crippen LogP contribution >= 0.6 is 0 Å². The molecule has 1 heterocycles. The number of nitrogen functional groups attached to an aromatic ring is 1. The Balaban J connectivity index is 2.24. The van der Waals surface area contributed by atoms with Gasteiger partial charge in [-0.3, -0.25) is 0 Å². The zero-order valence-corrected chi connectivity index (χ0v) is 8.89. The van der Waals surface area contributed by atoms with E-state index in [9.17, 15) is 5.11 Å². The third-order valence-electron chi connectivity index (χ3n) is 3.08. The summed E-state index contributed by atoms with van der Waals surface area (Å²) in [6.07, 6.45) is 3.45. The lowest BCUT2D eigenvalue weighted by Gasteiger charge is -2.37. The molecule has 1 aliphatic heterocycles. The Labute approximate surface area is 90.5 Å². The lowest BCUT2D eigenvalue weighted by atomic mass is 10.0. The topological polar surface area (TPSA) is 49.5 Å². The van der Waals surface area contributed by atoms with Crippen molar-refractivity contribution >= 4 is 11.4 Å². The van der Waals surface area contributed by atoms with Crippen molar-refractivity contribution in [2.45, 2.75) is 25.3 Å². The Morgan fingerprint density at radius 1 is 1.33 bits per heavy atom. The van der Waals surface area contributed by atoms with Crippen LogP contribution in [0.3, 0.4) is 0 Å². The van der Waals surface area contributed by atoms with E-state index in [1.807, 2.05) is 24.3 Å². The molecule has 0 saturated carbocycles. The molecule has 0 spiro atoms. The monoisotopic (exact) mass is 206 g/mol. The molecule has 1 aromatic rings. The van der Waals surface area contributed by atoms with Crippen LogP contribution < -0.4 is 10.6 Å². The van der Waals surface area contributed by atoms with Crippen LogP contribution in [0.15, 0.2) is 24.3 Å². The molecule has 1 aromatic carbocycles. The van der Waals surface area contributed by atoms with Crippen LogP contribution in [0.1, 0.15) is 19.3 Å². The highest BCUT2D eigenvalue weighted by Crippen LogP contribution is 2.28. The summed E-state index contributed by atoms with van der Waals surface area (Å²) >= 11 is 0. The second-order valence-electron chi connectivity index (χ2n) is 4.08. The minimum Gasteiger partial charge on any atom is -0.397 e. The first kappa shape index (κ1) is 10.3. The number of rotatable bonds is 2. The highest BCUT2D eigenvalue weighted by molar-refractivity contribution is 5.67. The Morgan fingerprint density at radius 3 is 2.87 bits per heavy atom. The van der Waals surface area contributed by atoms with Gasteiger partial charge in [0.1, 0.15) is 0 Å². The fraction of sp³-hybridized carbons (Fsp3) is 0.500. The molecule has 1 fully saturated rings. The van der Waals surface area contributed by atoms with Crippen LogP contribution in [-0.4, -0.2) is 24.3 Å². The highest BCUT2D eigenvalue weighted by atomic mass is 16.3. The molecule has 3 nitrogen and oxygen atoms in total. The predicted octanol–water partition coefficient (Wildman–Crippen LogP) is 1.62. The third-order valence-corrected chi connectivity index (χ3v) is 3.08. The van der Waals surface area contributed by atoms with Crippen LogP contribution in [0, 0.1) is 0 Å². The first-order chi connectivity index (χ1) is 7.33. The van der Waals surface area contributed by atoms with E-state index in [-0.39, 0.29) is 12.6 Å². The van der Waals surface area contributed by atoms with Gasteiger partial charge in [-0.05, 0) is 31.4 Å². The number of para-hydroxylation sites is 2. The van der Waals surface area contributed by atoms with Gasteiger partial charge in [0.25, 0.3) is 0 Å². The summed E-state index contributed by atoms with van der Waals surface area (Å²) in [6.45, 7) is 1.22. The fourth-order valence-electron chi connectivity index (χ4n) is 2.26. The number of hydrogen-bond acceptors (Lipinski definition) is 3. The van der Waals surface area contributed by atoms with Gasteiger partial charge < -0.3 is 15.7 Å². The average molecular weight is 206 g/mol. The van der Waals surface area contributed by atoms with E-state index >= 15 is 0 Å². The fourth-order valence-corrected chi connectivity index (χ4v) is 2.26. The van der Waals surface area contributed by atoms with Crippen LogP contribution in [-0.2, 0) is 0 Å². The van der Waals surface area contributed by atoms with Crippen LogP contribution in [0.2, 0.25) is 0 Å². The minimum absolute atomic E-state index is 0.217. The zero-order chi connectivity index (χ0) is 10.7. The van der Waals surface area contributed by atoms with Crippen LogP contribution in [0.4, 0.5) is 11.4 Å². The zero-order valence-electron chi connectivity index (χ0n) is 8.89. The summed E-state index contributed by atoms with van der Waals surface area (Å²) in [4.78, 5) is 2.23. The van der Waals surface area contributed by atoms with Gasteiger partial charge in [-0.25, -0.2) is 0 Å². The first-order valence-corrected chi connectivity index (χ1v) is 5.55. The molecule has 1 aliphatic rings. The van der Waals surface area contributed by atoms with Crippen molar-refractivity contribution in [3.8, 4) is 0 Å².